The predicted octanol–water partition coefficient (Wildman–Crippen LogP) is 2.64. The fourth-order valence-corrected chi connectivity index (χ4v) is 1.30. The van der Waals surface area contributed by atoms with E-state index in [-0.39, 0.29) is 5.91 Å². The largest absolute Gasteiger partial charge is 0.491 e. The van der Waals surface area contributed by atoms with Crippen molar-refractivity contribution in [1.29, 1.82) is 0 Å². The fraction of sp³-hybridized carbons (Fsp3) is 0.385. The van der Waals surface area contributed by atoms with Crippen LogP contribution in [0, 0.1) is 0 Å². The Morgan fingerprint density at radius 2 is 2.18 bits per heavy atom. The molecular formula is C13H17NO3. The highest BCUT2D eigenvalue weighted by Crippen LogP contribution is 2.25. The lowest BCUT2D eigenvalue weighted by atomic mass is 10.2. The lowest BCUT2D eigenvalue weighted by Crippen LogP contribution is -2.11. The van der Waals surface area contributed by atoms with Crippen molar-refractivity contribution < 1.29 is 14.3 Å². The number of hydrogen-bond acceptors (Lipinski definition) is 3. The Balaban J connectivity index is 2.93. The molecule has 1 aromatic rings. The van der Waals surface area contributed by atoms with Gasteiger partial charge in [0.25, 0.3) is 0 Å². The summed E-state index contributed by atoms with van der Waals surface area (Å²) >= 11 is 0. The van der Waals surface area contributed by atoms with Crippen LogP contribution >= 0.6 is 0 Å². The molecule has 1 rings (SSSR count). The Morgan fingerprint density at radius 3 is 2.76 bits per heavy atom. The van der Waals surface area contributed by atoms with Gasteiger partial charge in [0.2, 0.25) is 5.91 Å². The summed E-state index contributed by atoms with van der Waals surface area (Å²) in [5.41, 5.74) is 1.06. The second kappa shape index (κ2) is 6.68. The first kappa shape index (κ1) is 13.2. The zero-order valence-corrected chi connectivity index (χ0v) is 10.2. The van der Waals surface area contributed by atoms with Crippen LogP contribution in [-0.2, 0) is 4.79 Å². The average Bonchev–Trinajstić information content (AvgIpc) is 2.36. The lowest BCUT2D eigenvalue weighted by molar-refractivity contribution is -0.115. The quantitative estimate of drug-likeness (QED) is 0.771. The molecule has 1 N–H and O–H groups in total. The minimum absolute atomic E-state index is 0.102. The summed E-state index contributed by atoms with van der Waals surface area (Å²) in [6, 6.07) is 4.98. The SMILES string of the molecule is CCCOc1ccc(C=O)cc1NC(=O)CC. The minimum atomic E-state index is -0.102. The second-order valence-electron chi connectivity index (χ2n) is 3.62. The van der Waals surface area contributed by atoms with Gasteiger partial charge in [-0.15, -0.1) is 0 Å². The summed E-state index contributed by atoms with van der Waals surface area (Å²) in [5.74, 6) is 0.494. The molecule has 0 aromatic heterocycles. The van der Waals surface area contributed by atoms with Crippen LogP contribution in [0.4, 0.5) is 5.69 Å². The molecule has 0 unspecified atom stereocenters. The van der Waals surface area contributed by atoms with Gasteiger partial charge in [-0.25, -0.2) is 0 Å². The average molecular weight is 235 g/mol. The van der Waals surface area contributed by atoms with Crippen LogP contribution in [0.25, 0.3) is 0 Å². The fourth-order valence-electron chi connectivity index (χ4n) is 1.30. The van der Waals surface area contributed by atoms with Gasteiger partial charge in [-0.1, -0.05) is 13.8 Å². The standard InChI is InChI=1S/C13H17NO3/c1-3-7-17-12-6-5-10(9-15)8-11(12)14-13(16)4-2/h5-6,8-9H,3-4,7H2,1-2H3,(H,14,16). The van der Waals surface area contributed by atoms with Crippen LogP contribution in [0.3, 0.4) is 0 Å². The number of aldehydes is 1. The van der Waals surface area contributed by atoms with Crippen molar-refractivity contribution >= 4 is 17.9 Å². The predicted molar refractivity (Wildman–Crippen MR) is 66.5 cm³/mol. The number of benzene rings is 1. The molecule has 17 heavy (non-hydrogen) atoms. The van der Waals surface area contributed by atoms with Crippen molar-refractivity contribution in [3.63, 3.8) is 0 Å². The number of hydrogen-bond donors (Lipinski definition) is 1. The molecule has 1 aromatic carbocycles. The molecule has 0 bridgehead atoms. The van der Waals surface area contributed by atoms with E-state index in [0.717, 1.165) is 12.7 Å². The van der Waals surface area contributed by atoms with Gasteiger partial charge in [0, 0.05) is 12.0 Å². The number of amides is 1. The van der Waals surface area contributed by atoms with Crippen LogP contribution in [0.2, 0.25) is 0 Å². The molecule has 0 atom stereocenters. The van der Waals surface area contributed by atoms with Crippen molar-refractivity contribution in [1.82, 2.24) is 0 Å². The number of carbonyl (C=O) groups is 2. The normalized spacial score (nSPS) is 9.76. The first-order valence-electron chi connectivity index (χ1n) is 5.73. The van der Waals surface area contributed by atoms with Crippen molar-refractivity contribution in [3.05, 3.63) is 23.8 Å². The summed E-state index contributed by atoms with van der Waals surface area (Å²) in [4.78, 5) is 22.0. The third-order valence-electron chi connectivity index (χ3n) is 2.20. The molecular weight excluding hydrogens is 218 g/mol. The number of nitrogens with one attached hydrogen (secondary N) is 1. The van der Waals surface area contributed by atoms with E-state index in [4.69, 9.17) is 4.74 Å². The van der Waals surface area contributed by atoms with E-state index in [1.54, 1.807) is 25.1 Å². The second-order valence-corrected chi connectivity index (χ2v) is 3.62. The van der Waals surface area contributed by atoms with Gasteiger partial charge >= 0.3 is 0 Å². The minimum Gasteiger partial charge on any atom is -0.491 e. The molecule has 0 aliphatic carbocycles. The maximum absolute atomic E-state index is 11.4. The topological polar surface area (TPSA) is 55.4 Å². The summed E-state index contributed by atoms with van der Waals surface area (Å²) in [6.45, 7) is 4.35. The van der Waals surface area contributed by atoms with Gasteiger partial charge in [-0.3, -0.25) is 9.59 Å². The summed E-state index contributed by atoms with van der Waals surface area (Å²) < 4.78 is 5.50. The number of anilines is 1. The van der Waals surface area contributed by atoms with Gasteiger partial charge in [0.05, 0.1) is 12.3 Å². The molecule has 0 aliphatic heterocycles. The van der Waals surface area contributed by atoms with Crippen molar-refractivity contribution in [3.8, 4) is 5.75 Å². The van der Waals surface area contributed by atoms with Gasteiger partial charge in [0.1, 0.15) is 12.0 Å². The summed E-state index contributed by atoms with van der Waals surface area (Å²) in [6.07, 6.45) is 2.01. The maximum Gasteiger partial charge on any atom is 0.224 e. The van der Waals surface area contributed by atoms with Gasteiger partial charge in [0.15, 0.2) is 0 Å². The Labute approximate surface area is 101 Å². The highest BCUT2D eigenvalue weighted by Gasteiger charge is 2.07. The Bertz CT molecular complexity index is 402. The Hall–Kier alpha value is -1.84. The zero-order valence-electron chi connectivity index (χ0n) is 10.2. The molecule has 4 nitrogen and oxygen atoms in total. The molecule has 0 fully saturated rings. The van der Waals surface area contributed by atoms with E-state index in [0.29, 0.717) is 30.0 Å². The van der Waals surface area contributed by atoms with Gasteiger partial charge < -0.3 is 10.1 Å². The van der Waals surface area contributed by atoms with Crippen LogP contribution < -0.4 is 10.1 Å². The Morgan fingerprint density at radius 1 is 1.41 bits per heavy atom. The number of carbonyl (C=O) groups excluding carboxylic acids is 2. The van der Waals surface area contributed by atoms with E-state index in [2.05, 4.69) is 5.32 Å². The van der Waals surface area contributed by atoms with Crippen molar-refractivity contribution in [2.75, 3.05) is 11.9 Å². The van der Waals surface area contributed by atoms with Gasteiger partial charge in [-0.05, 0) is 24.6 Å². The number of ether oxygens (including phenoxy) is 1. The molecule has 0 heterocycles. The van der Waals surface area contributed by atoms with Gasteiger partial charge in [-0.2, -0.15) is 0 Å². The van der Waals surface area contributed by atoms with E-state index in [1.165, 1.54) is 0 Å². The lowest BCUT2D eigenvalue weighted by Gasteiger charge is -2.12. The van der Waals surface area contributed by atoms with Crippen LogP contribution in [0.1, 0.15) is 37.0 Å². The molecule has 0 saturated carbocycles. The van der Waals surface area contributed by atoms with Crippen LogP contribution in [0.15, 0.2) is 18.2 Å². The monoisotopic (exact) mass is 235 g/mol. The van der Waals surface area contributed by atoms with E-state index >= 15 is 0 Å². The van der Waals surface area contributed by atoms with E-state index in [9.17, 15) is 9.59 Å². The first-order valence-corrected chi connectivity index (χ1v) is 5.73. The van der Waals surface area contributed by atoms with Crippen LogP contribution in [-0.4, -0.2) is 18.8 Å². The maximum atomic E-state index is 11.4. The molecule has 0 spiro atoms. The third-order valence-corrected chi connectivity index (χ3v) is 2.20. The van der Waals surface area contributed by atoms with E-state index < -0.39 is 0 Å². The molecule has 4 heteroatoms. The zero-order chi connectivity index (χ0) is 12.7. The Kier molecular flexibility index (Phi) is 5.20. The number of rotatable bonds is 6. The van der Waals surface area contributed by atoms with Crippen LogP contribution in [0.5, 0.6) is 5.75 Å². The molecule has 92 valence electrons. The summed E-state index contributed by atoms with van der Waals surface area (Å²) in [5, 5.41) is 2.72. The molecule has 0 aliphatic rings. The molecule has 0 radical (unpaired) electrons. The highest BCUT2D eigenvalue weighted by atomic mass is 16.5. The smallest absolute Gasteiger partial charge is 0.224 e. The molecule has 1 amide bonds. The van der Waals surface area contributed by atoms with Crippen molar-refractivity contribution in [2.45, 2.75) is 26.7 Å². The third kappa shape index (κ3) is 3.90. The van der Waals surface area contributed by atoms with Crippen molar-refractivity contribution in [2.24, 2.45) is 0 Å². The highest BCUT2D eigenvalue weighted by molar-refractivity contribution is 5.93. The summed E-state index contributed by atoms with van der Waals surface area (Å²) in [7, 11) is 0. The first-order chi connectivity index (χ1) is 8.21. The van der Waals surface area contributed by atoms with E-state index in [1.807, 2.05) is 6.92 Å². The molecule has 0 saturated heterocycles.